The van der Waals surface area contributed by atoms with Crippen molar-refractivity contribution in [1.29, 1.82) is 0 Å². The summed E-state index contributed by atoms with van der Waals surface area (Å²) in [5.41, 5.74) is 2.07. The SMILES string of the molecule is CCCSc1nc2c(c(=O)[nH]1)C(c1cc(OC)c(O)c(OC)c1)C1=C(CCCC1=O)N2. The van der Waals surface area contributed by atoms with Gasteiger partial charge in [0.15, 0.2) is 22.4 Å². The van der Waals surface area contributed by atoms with Crippen molar-refractivity contribution < 1.29 is 19.4 Å². The number of Topliss-reactive ketones (excluding diaryl/α,β-unsaturated/α-hetero) is 1. The number of aromatic amines is 1. The molecule has 1 aromatic carbocycles. The number of ketones is 1. The van der Waals surface area contributed by atoms with Crippen molar-refractivity contribution in [2.75, 3.05) is 25.3 Å². The lowest BCUT2D eigenvalue weighted by atomic mass is 9.76. The second-order valence-corrected chi connectivity index (χ2v) is 8.57. The number of hydrogen-bond acceptors (Lipinski definition) is 8. The van der Waals surface area contributed by atoms with Gasteiger partial charge in [-0.15, -0.1) is 0 Å². The number of thioether (sulfide) groups is 1. The predicted molar refractivity (Wildman–Crippen MR) is 118 cm³/mol. The van der Waals surface area contributed by atoms with Gasteiger partial charge in [-0.3, -0.25) is 9.59 Å². The van der Waals surface area contributed by atoms with E-state index in [4.69, 9.17) is 9.47 Å². The number of aromatic nitrogens is 2. The zero-order valence-corrected chi connectivity index (χ0v) is 18.5. The van der Waals surface area contributed by atoms with Crippen LogP contribution < -0.4 is 20.3 Å². The van der Waals surface area contributed by atoms with Gasteiger partial charge in [0, 0.05) is 29.4 Å². The van der Waals surface area contributed by atoms with Crippen LogP contribution in [0.3, 0.4) is 0 Å². The molecule has 2 aliphatic rings. The summed E-state index contributed by atoms with van der Waals surface area (Å²) in [4.78, 5) is 33.7. The van der Waals surface area contributed by atoms with Crippen LogP contribution in [0.1, 0.15) is 49.7 Å². The van der Waals surface area contributed by atoms with Crippen LogP contribution in [0.15, 0.2) is 33.4 Å². The summed E-state index contributed by atoms with van der Waals surface area (Å²) in [5.74, 6) is 0.948. The van der Waals surface area contributed by atoms with E-state index >= 15 is 0 Å². The first-order chi connectivity index (χ1) is 15.0. The maximum atomic E-state index is 13.2. The monoisotopic (exact) mass is 443 g/mol. The number of nitrogens with zero attached hydrogens (tertiary/aromatic N) is 1. The van der Waals surface area contributed by atoms with E-state index in [1.165, 1.54) is 26.0 Å². The van der Waals surface area contributed by atoms with E-state index in [0.29, 0.717) is 40.5 Å². The standard InChI is InChI=1S/C22H25N3O5S/c1-4-8-31-22-24-20-18(21(28)25-22)16(17-12(23-20)6-5-7-13(17)26)11-9-14(29-2)19(27)15(10-11)30-3/h9-10,16,27H,4-8H2,1-3H3,(H2,23,24,25,28). The minimum Gasteiger partial charge on any atom is -0.502 e. The number of ether oxygens (including phenoxy) is 2. The molecule has 9 heteroatoms. The van der Waals surface area contributed by atoms with Crippen LogP contribution >= 0.6 is 11.8 Å². The number of phenols is 1. The Morgan fingerprint density at radius 1 is 1.19 bits per heavy atom. The molecule has 0 radical (unpaired) electrons. The van der Waals surface area contributed by atoms with E-state index in [2.05, 4.69) is 22.2 Å². The number of methoxy groups -OCH3 is 2. The molecule has 164 valence electrons. The molecule has 1 atom stereocenters. The van der Waals surface area contributed by atoms with Gasteiger partial charge in [-0.1, -0.05) is 18.7 Å². The molecule has 2 heterocycles. The Bertz CT molecular complexity index is 1100. The minimum atomic E-state index is -0.635. The number of allylic oxidation sites excluding steroid dienone is 2. The molecular weight excluding hydrogens is 418 g/mol. The number of anilines is 1. The number of rotatable bonds is 6. The van der Waals surface area contributed by atoms with Gasteiger partial charge < -0.3 is 24.9 Å². The first kappa shape index (κ1) is 21.3. The fraction of sp³-hybridized carbons (Fsp3) is 0.409. The number of hydrogen-bond donors (Lipinski definition) is 3. The molecule has 1 aliphatic carbocycles. The lowest BCUT2D eigenvalue weighted by molar-refractivity contribution is -0.116. The second-order valence-electron chi connectivity index (χ2n) is 7.48. The number of aromatic hydroxyl groups is 1. The van der Waals surface area contributed by atoms with Gasteiger partial charge >= 0.3 is 0 Å². The predicted octanol–water partition coefficient (Wildman–Crippen LogP) is 3.56. The Labute approximate surface area is 184 Å². The van der Waals surface area contributed by atoms with Crippen molar-refractivity contribution in [3.8, 4) is 17.2 Å². The van der Waals surface area contributed by atoms with Crippen LogP contribution in [0.5, 0.6) is 17.2 Å². The number of H-pyrrole nitrogens is 1. The molecule has 0 saturated heterocycles. The molecule has 0 saturated carbocycles. The van der Waals surface area contributed by atoms with Crippen LogP contribution in [0.25, 0.3) is 0 Å². The van der Waals surface area contributed by atoms with E-state index in [1.807, 2.05) is 0 Å². The number of fused-ring (bicyclic) bond motifs is 1. The third-order valence-electron chi connectivity index (χ3n) is 5.51. The van der Waals surface area contributed by atoms with Crippen LogP contribution in [-0.4, -0.2) is 40.8 Å². The largest absolute Gasteiger partial charge is 0.502 e. The summed E-state index contributed by atoms with van der Waals surface area (Å²) in [6.07, 6.45) is 2.83. The molecule has 0 amide bonds. The zero-order valence-electron chi connectivity index (χ0n) is 17.7. The van der Waals surface area contributed by atoms with Gasteiger partial charge in [-0.25, -0.2) is 4.98 Å². The summed E-state index contributed by atoms with van der Waals surface area (Å²) in [7, 11) is 2.88. The molecule has 0 spiro atoms. The number of carbonyl (C=O) groups excluding carboxylic acids is 1. The molecular formula is C22H25N3O5S. The third-order valence-corrected chi connectivity index (χ3v) is 6.59. The number of phenolic OH excluding ortho intramolecular Hbond substituents is 1. The fourth-order valence-corrected chi connectivity index (χ4v) is 4.84. The maximum Gasteiger partial charge on any atom is 0.257 e. The van der Waals surface area contributed by atoms with Crippen molar-refractivity contribution in [3.05, 3.63) is 44.9 Å². The zero-order chi connectivity index (χ0) is 22.1. The number of nitrogens with one attached hydrogen (secondary N) is 2. The lowest BCUT2D eigenvalue weighted by Gasteiger charge is -2.33. The normalized spacial score (nSPS) is 17.6. The second kappa shape index (κ2) is 8.66. The number of carbonyl (C=O) groups is 1. The van der Waals surface area contributed by atoms with Gasteiger partial charge in [0.05, 0.1) is 19.8 Å². The number of benzene rings is 1. The molecule has 4 rings (SSSR count). The highest BCUT2D eigenvalue weighted by molar-refractivity contribution is 7.99. The lowest BCUT2D eigenvalue weighted by Crippen LogP contribution is -2.32. The first-order valence-corrected chi connectivity index (χ1v) is 11.2. The Morgan fingerprint density at radius 2 is 1.90 bits per heavy atom. The van der Waals surface area contributed by atoms with Gasteiger partial charge in [0.25, 0.3) is 5.56 Å². The fourth-order valence-electron chi connectivity index (χ4n) is 4.12. The molecule has 1 aliphatic heterocycles. The van der Waals surface area contributed by atoms with Crippen LogP contribution in [-0.2, 0) is 4.79 Å². The Morgan fingerprint density at radius 3 is 2.55 bits per heavy atom. The van der Waals surface area contributed by atoms with E-state index < -0.39 is 5.92 Å². The molecule has 31 heavy (non-hydrogen) atoms. The molecule has 0 fully saturated rings. The van der Waals surface area contributed by atoms with Crippen LogP contribution in [0.4, 0.5) is 5.82 Å². The van der Waals surface area contributed by atoms with Gasteiger partial charge in [0.1, 0.15) is 5.82 Å². The van der Waals surface area contributed by atoms with Crippen molar-refractivity contribution in [1.82, 2.24) is 9.97 Å². The highest BCUT2D eigenvalue weighted by Gasteiger charge is 2.38. The van der Waals surface area contributed by atoms with E-state index in [1.54, 1.807) is 12.1 Å². The smallest absolute Gasteiger partial charge is 0.257 e. The van der Waals surface area contributed by atoms with Gasteiger partial charge in [0.2, 0.25) is 5.75 Å². The van der Waals surface area contributed by atoms with Crippen molar-refractivity contribution >= 4 is 23.4 Å². The van der Waals surface area contributed by atoms with E-state index in [0.717, 1.165) is 24.3 Å². The summed E-state index contributed by atoms with van der Waals surface area (Å²) in [5, 5.41) is 14.1. The van der Waals surface area contributed by atoms with Crippen LogP contribution in [0.2, 0.25) is 0 Å². The molecule has 3 N–H and O–H groups in total. The van der Waals surface area contributed by atoms with Crippen LogP contribution in [0, 0.1) is 0 Å². The Balaban J connectivity index is 1.95. The average Bonchev–Trinajstić information content (AvgIpc) is 2.76. The summed E-state index contributed by atoms with van der Waals surface area (Å²) in [6, 6.07) is 3.28. The summed E-state index contributed by atoms with van der Waals surface area (Å²) >= 11 is 1.49. The highest BCUT2D eigenvalue weighted by atomic mass is 32.2. The molecule has 2 aromatic rings. The molecule has 8 nitrogen and oxygen atoms in total. The quantitative estimate of drug-likeness (QED) is 0.459. The topological polar surface area (TPSA) is 114 Å². The minimum absolute atomic E-state index is 0.000701. The van der Waals surface area contributed by atoms with Gasteiger partial charge in [-0.05, 0) is 37.0 Å². The highest BCUT2D eigenvalue weighted by Crippen LogP contribution is 2.47. The average molecular weight is 444 g/mol. The first-order valence-electron chi connectivity index (χ1n) is 10.2. The van der Waals surface area contributed by atoms with E-state index in [-0.39, 0.29) is 28.6 Å². The van der Waals surface area contributed by atoms with Gasteiger partial charge in [-0.2, -0.15) is 0 Å². The molecule has 1 aromatic heterocycles. The maximum absolute atomic E-state index is 13.2. The van der Waals surface area contributed by atoms with E-state index in [9.17, 15) is 14.7 Å². The summed E-state index contributed by atoms with van der Waals surface area (Å²) < 4.78 is 10.6. The Kier molecular flexibility index (Phi) is 5.95. The molecule has 1 unspecified atom stereocenters. The molecule has 0 bridgehead atoms. The third kappa shape index (κ3) is 3.78. The summed E-state index contributed by atoms with van der Waals surface area (Å²) in [6.45, 7) is 2.06. The van der Waals surface area contributed by atoms with Crippen molar-refractivity contribution in [2.45, 2.75) is 43.7 Å². The Hall–Kier alpha value is -2.94. The van der Waals surface area contributed by atoms with Crippen molar-refractivity contribution in [3.63, 3.8) is 0 Å². The van der Waals surface area contributed by atoms with Crippen molar-refractivity contribution in [2.24, 2.45) is 0 Å².